The van der Waals surface area contributed by atoms with Crippen LogP contribution in [0.15, 0.2) is 18.3 Å². The van der Waals surface area contributed by atoms with Crippen LogP contribution in [0.5, 0.6) is 0 Å². The van der Waals surface area contributed by atoms with Gasteiger partial charge in [0.25, 0.3) is 0 Å². The second-order valence-electron chi connectivity index (χ2n) is 15.4. The molecular formula is C34H47F3N2O5Si. The summed E-state index contributed by atoms with van der Waals surface area (Å²) in [5.41, 5.74) is 2.43. The molecule has 4 heterocycles. The molecule has 1 aliphatic carbocycles. The first-order valence-corrected chi connectivity index (χ1v) is 18.8. The van der Waals surface area contributed by atoms with Crippen LogP contribution in [0, 0.1) is 5.41 Å². The van der Waals surface area contributed by atoms with Crippen molar-refractivity contribution in [3.8, 4) is 0 Å². The van der Waals surface area contributed by atoms with Crippen LogP contribution in [0.3, 0.4) is 0 Å². The van der Waals surface area contributed by atoms with Crippen molar-refractivity contribution in [3.63, 3.8) is 0 Å². The van der Waals surface area contributed by atoms with E-state index in [1.165, 1.54) is 13.0 Å². The van der Waals surface area contributed by atoms with E-state index in [1.807, 2.05) is 13.8 Å². The van der Waals surface area contributed by atoms with Gasteiger partial charge in [0.1, 0.15) is 12.2 Å². The third kappa shape index (κ3) is 6.10. The van der Waals surface area contributed by atoms with Crippen molar-refractivity contribution in [2.45, 2.75) is 129 Å². The van der Waals surface area contributed by atoms with Crippen LogP contribution in [0.25, 0.3) is 0 Å². The number of rotatable bonds is 5. The lowest BCUT2D eigenvalue weighted by molar-refractivity contribution is -0.156. The van der Waals surface area contributed by atoms with Crippen LogP contribution >= 0.6 is 0 Å². The normalized spacial score (nSPS) is 24.4. The summed E-state index contributed by atoms with van der Waals surface area (Å²) < 4.78 is 66.6. The van der Waals surface area contributed by atoms with E-state index in [0.717, 1.165) is 34.6 Å². The van der Waals surface area contributed by atoms with Crippen molar-refractivity contribution in [2.24, 2.45) is 5.41 Å². The van der Waals surface area contributed by atoms with Crippen molar-refractivity contribution in [3.05, 3.63) is 57.7 Å². The molecule has 2 aromatic rings. The maximum Gasteiger partial charge on any atom is 0.417 e. The minimum absolute atomic E-state index is 0.0673. The summed E-state index contributed by atoms with van der Waals surface area (Å²) >= 11 is 0. The summed E-state index contributed by atoms with van der Waals surface area (Å²) in [6, 6.07) is 2.47. The lowest BCUT2D eigenvalue weighted by atomic mass is 9.68. The van der Waals surface area contributed by atoms with E-state index in [4.69, 9.17) is 23.6 Å². The van der Waals surface area contributed by atoms with Gasteiger partial charge in [0.05, 0.1) is 28.7 Å². The summed E-state index contributed by atoms with van der Waals surface area (Å²) in [7, 11) is -2.33. The van der Waals surface area contributed by atoms with Gasteiger partial charge in [0.2, 0.25) is 0 Å². The Kier molecular flexibility index (Phi) is 8.63. The van der Waals surface area contributed by atoms with Gasteiger partial charge in [-0.25, -0.2) is 0 Å². The number of ether oxygens (including phenoxy) is 3. The van der Waals surface area contributed by atoms with Crippen molar-refractivity contribution >= 4 is 14.3 Å². The summed E-state index contributed by atoms with van der Waals surface area (Å²) in [4.78, 5) is 22.1. The fraction of sp³-hybridized carbons (Fsp3) is 0.676. The van der Waals surface area contributed by atoms with E-state index in [-0.39, 0.29) is 23.0 Å². The van der Waals surface area contributed by atoms with Crippen molar-refractivity contribution in [1.82, 2.24) is 9.97 Å². The molecule has 5 rings (SSSR count). The van der Waals surface area contributed by atoms with Crippen LogP contribution in [0.2, 0.25) is 18.1 Å². The lowest BCUT2D eigenvalue weighted by Gasteiger charge is -2.48. The van der Waals surface area contributed by atoms with Gasteiger partial charge in [-0.05, 0) is 48.2 Å². The van der Waals surface area contributed by atoms with E-state index < -0.39 is 43.3 Å². The number of halogens is 3. The van der Waals surface area contributed by atoms with Crippen LogP contribution in [-0.4, -0.2) is 37.5 Å². The first kappa shape index (κ1) is 34.0. The first-order chi connectivity index (χ1) is 20.7. The Morgan fingerprint density at radius 1 is 1.09 bits per heavy atom. The van der Waals surface area contributed by atoms with Gasteiger partial charge in [0.15, 0.2) is 8.32 Å². The van der Waals surface area contributed by atoms with E-state index in [2.05, 4.69) is 52.7 Å². The number of alkyl halides is 3. The third-order valence-electron chi connectivity index (χ3n) is 10.1. The zero-order valence-electron chi connectivity index (χ0n) is 28.1. The largest absolute Gasteiger partial charge is 0.455 e. The number of hydrogen-bond donors (Lipinski definition) is 0. The second-order valence-corrected chi connectivity index (χ2v) is 20.1. The molecule has 2 aromatic heterocycles. The van der Waals surface area contributed by atoms with Crippen molar-refractivity contribution in [2.75, 3.05) is 13.2 Å². The monoisotopic (exact) mass is 648 g/mol. The van der Waals surface area contributed by atoms with Gasteiger partial charge in [-0.3, -0.25) is 14.8 Å². The zero-order valence-corrected chi connectivity index (χ0v) is 29.1. The quantitative estimate of drug-likeness (QED) is 0.237. The molecule has 1 spiro atoms. The molecule has 0 aromatic carbocycles. The van der Waals surface area contributed by atoms with E-state index in [1.54, 1.807) is 0 Å². The number of carbonyl (C=O) groups excluding carboxylic acids is 1. The molecule has 0 amide bonds. The average molecular weight is 649 g/mol. The molecule has 45 heavy (non-hydrogen) atoms. The number of esters is 1. The molecule has 248 valence electrons. The predicted molar refractivity (Wildman–Crippen MR) is 166 cm³/mol. The Balaban J connectivity index is 1.83. The molecular weight excluding hydrogens is 601 g/mol. The number of aromatic nitrogens is 2. The molecule has 2 unspecified atom stereocenters. The maximum absolute atomic E-state index is 13.5. The van der Waals surface area contributed by atoms with E-state index >= 15 is 0 Å². The molecule has 0 N–H and O–H groups in total. The summed E-state index contributed by atoms with van der Waals surface area (Å²) in [5, 5.41) is -0.0714. The highest BCUT2D eigenvalue weighted by Gasteiger charge is 2.56. The molecule has 1 saturated heterocycles. The number of fused-ring (bicyclic) bond motifs is 4. The topological polar surface area (TPSA) is 79.8 Å². The molecule has 7 nitrogen and oxygen atoms in total. The van der Waals surface area contributed by atoms with Crippen LogP contribution in [-0.2, 0) is 35.2 Å². The standard InChI is InChI=1S/C34H47F3N2O5Si/c1-19(2)27-25-26(33(13-15-41-16-14-33)43-29(25)22-12-11-21(18-38-22)34(35,36)37)24-23(44-45(9,10)31(4,5)6)17-32(7,8)30(28(24)39-27)42-20(3)40/h11-12,18-19,23,29-30H,13-17H2,1-10H3/t23?,29-,30?/m1/s1. The van der Waals surface area contributed by atoms with Crippen molar-refractivity contribution in [1.29, 1.82) is 0 Å². The minimum Gasteiger partial charge on any atom is -0.455 e. The molecule has 0 bridgehead atoms. The smallest absolute Gasteiger partial charge is 0.417 e. The van der Waals surface area contributed by atoms with Crippen LogP contribution in [0.1, 0.15) is 138 Å². The summed E-state index contributed by atoms with van der Waals surface area (Å²) in [5.74, 6) is -0.456. The van der Waals surface area contributed by atoms with Gasteiger partial charge < -0.3 is 18.6 Å². The molecule has 11 heteroatoms. The molecule has 0 saturated carbocycles. The Morgan fingerprint density at radius 3 is 2.24 bits per heavy atom. The Morgan fingerprint density at radius 2 is 1.73 bits per heavy atom. The Bertz CT molecular complexity index is 1440. The summed E-state index contributed by atoms with van der Waals surface area (Å²) in [6.07, 6.45) is -3.63. The molecule has 0 radical (unpaired) electrons. The summed E-state index contributed by atoms with van der Waals surface area (Å²) in [6.45, 7) is 21.7. The first-order valence-electron chi connectivity index (χ1n) is 15.9. The fourth-order valence-corrected chi connectivity index (χ4v) is 8.06. The highest BCUT2D eigenvalue weighted by atomic mass is 28.4. The number of hydrogen-bond acceptors (Lipinski definition) is 7. The Labute approximate surface area is 265 Å². The van der Waals surface area contributed by atoms with Gasteiger partial charge >= 0.3 is 12.1 Å². The highest BCUT2D eigenvalue weighted by molar-refractivity contribution is 6.74. The van der Waals surface area contributed by atoms with Gasteiger partial charge in [-0.1, -0.05) is 48.5 Å². The Hall–Kier alpha value is -2.34. The number of nitrogens with zero attached hydrogens (tertiary/aromatic N) is 2. The van der Waals surface area contributed by atoms with Crippen LogP contribution < -0.4 is 0 Å². The number of carbonyl (C=O) groups is 1. The third-order valence-corrected chi connectivity index (χ3v) is 14.6. The van der Waals surface area contributed by atoms with Gasteiger partial charge in [0, 0.05) is 61.4 Å². The average Bonchev–Trinajstić information content (AvgIpc) is 3.23. The SMILES string of the molecule is CC(=O)OC1c2nc(C(C)C)c3c(c2C(O[Si](C)(C)C(C)(C)C)CC1(C)C)C1(CCOCC1)O[C@@H]3c1ccc(C(F)(F)F)cn1. The fourth-order valence-electron chi connectivity index (χ4n) is 6.79. The maximum atomic E-state index is 13.5. The predicted octanol–water partition coefficient (Wildman–Crippen LogP) is 8.84. The molecule has 3 aliphatic rings. The highest BCUT2D eigenvalue weighted by Crippen LogP contribution is 2.61. The lowest BCUT2D eigenvalue weighted by Crippen LogP contribution is -2.46. The minimum atomic E-state index is -4.50. The van der Waals surface area contributed by atoms with Crippen molar-refractivity contribution < 1.29 is 36.6 Å². The number of pyridine rings is 2. The second kappa shape index (κ2) is 11.4. The van der Waals surface area contributed by atoms with Gasteiger partial charge in [-0.15, -0.1) is 0 Å². The van der Waals surface area contributed by atoms with E-state index in [0.29, 0.717) is 43.9 Å². The van der Waals surface area contributed by atoms with E-state index in [9.17, 15) is 18.0 Å². The molecule has 3 atom stereocenters. The zero-order chi connectivity index (χ0) is 33.3. The van der Waals surface area contributed by atoms with Gasteiger partial charge in [-0.2, -0.15) is 13.2 Å². The molecule has 2 aliphatic heterocycles. The van der Waals surface area contributed by atoms with Crippen LogP contribution in [0.4, 0.5) is 13.2 Å². The molecule has 1 fully saturated rings.